The Hall–Kier alpha value is -2.41. The number of hydrogen-bond acceptors (Lipinski definition) is 3. The van der Waals surface area contributed by atoms with Crippen molar-refractivity contribution in [3.05, 3.63) is 90.1 Å². The summed E-state index contributed by atoms with van der Waals surface area (Å²) in [7, 11) is 0. The lowest BCUT2D eigenvalue weighted by atomic mass is 10.2. The van der Waals surface area contributed by atoms with E-state index in [1.165, 1.54) is 4.68 Å². The van der Waals surface area contributed by atoms with Crippen LogP contribution < -0.4 is 5.56 Å². The molecule has 0 aliphatic rings. The molecule has 0 spiro atoms. The summed E-state index contributed by atoms with van der Waals surface area (Å²) in [6.07, 6.45) is 2.26. The van der Waals surface area contributed by atoms with Crippen LogP contribution >= 0.6 is 39.1 Å². The van der Waals surface area contributed by atoms with Gasteiger partial charge in [-0.15, -0.1) is 0 Å². The fourth-order valence-electron chi connectivity index (χ4n) is 3.62. The van der Waals surface area contributed by atoms with Gasteiger partial charge in [0.05, 0.1) is 32.9 Å². The molecule has 0 unspecified atom stereocenters. The minimum absolute atomic E-state index is 0.203. The van der Waals surface area contributed by atoms with E-state index in [1.54, 1.807) is 18.3 Å². The van der Waals surface area contributed by atoms with Gasteiger partial charge in [0.2, 0.25) is 0 Å². The highest BCUT2D eigenvalue weighted by atomic mass is 79.9. The summed E-state index contributed by atoms with van der Waals surface area (Å²) >= 11 is 16.1. The predicted molar refractivity (Wildman–Crippen MR) is 131 cm³/mol. The first-order valence-corrected chi connectivity index (χ1v) is 11.3. The van der Waals surface area contributed by atoms with Gasteiger partial charge in [0.25, 0.3) is 5.56 Å². The van der Waals surface area contributed by atoms with E-state index >= 15 is 0 Å². The van der Waals surface area contributed by atoms with Crippen LogP contribution in [0.15, 0.2) is 56.8 Å². The second kappa shape index (κ2) is 8.61. The molecule has 2 heterocycles. The van der Waals surface area contributed by atoms with E-state index in [9.17, 15) is 4.79 Å². The average molecular weight is 518 g/mol. The standard InChI is InChI=1S/C23H19BrCl2N4O/c1-4-21-28-19-9-8-16(24)11-17(19)23(31)30(21)27-12-15-10-13(2)29(14(15)3)20-7-5-6-18(25)22(20)26/h5-12H,4H2,1-3H3. The number of aromatic nitrogens is 3. The van der Waals surface area contributed by atoms with E-state index in [1.807, 2.05) is 55.7 Å². The fourth-order valence-corrected chi connectivity index (χ4v) is 4.36. The molecule has 0 atom stereocenters. The number of halogens is 3. The monoisotopic (exact) mass is 516 g/mol. The van der Waals surface area contributed by atoms with Crippen molar-refractivity contribution in [1.82, 2.24) is 14.2 Å². The molecule has 2 aromatic carbocycles. The van der Waals surface area contributed by atoms with Crippen LogP contribution in [0.5, 0.6) is 0 Å². The van der Waals surface area contributed by atoms with E-state index in [0.717, 1.165) is 27.1 Å². The van der Waals surface area contributed by atoms with E-state index < -0.39 is 0 Å². The smallest absolute Gasteiger partial charge is 0.282 e. The highest BCUT2D eigenvalue weighted by molar-refractivity contribution is 9.10. The molecule has 0 aliphatic heterocycles. The molecule has 0 saturated heterocycles. The van der Waals surface area contributed by atoms with Crippen molar-refractivity contribution >= 4 is 56.2 Å². The summed E-state index contributed by atoms with van der Waals surface area (Å²) < 4.78 is 4.21. The molecule has 4 aromatic rings. The summed E-state index contributed by atoms with van der Waals surface area (Å²) in [5.41, 5.74) is 4.04. The summed E-state index contributed by atoms with van der Waals surface area (Å²) in [6, 6.07) is 13.0. The van der Waals surface area contributed by atoms with Gasteiger partial charge in [-0.1, -0.05) is 52.1 Å². The molecule has 0 radical (unpaired) electrons. The van der Waals surface area contributed by atoms with Crippen molar-refractivity contribution in [3.63, 3.8) is 0 Å². The first-order chi connectivity index (χ1) is 14.8. The molecule has 0 fully saturated rings. The Morgan fingerprint density at radius 1 is 1.16 bits per heavy atom. The maximum Gasteiger partial charge on any atom is 0.282 e. The Bertz CT molecular complexity index is 1410. The number of benzene rings is 2. The number of nitrogens with zero attached hydrogens (tertiary/aromatic N) is 4. The summed E-state index contributed by atoms with van der Waals surface area (Å²) in [5.74, 6) is 0.600. The Morgan fingerprint density at radius 2 is 1.94 bits per heavy atom. The van der Waals surface area contributed by atoms with E-state index in [4.69, 9.17) is 23.2 Å². The normalized spacial score (nSPS) is 11.7. The molecule has 8 heteroatoms. The quantitative estimate of drug-likeness (QED) is 0.297. The zero-order valence-electron chi connectivity index (χ0n) is 17.2. The molecule has 4 rings (SSSR count). The highest BCUT2D eigenvalue weighted by Crippen LogP contribution is 2.31. The van der Waals surface area contributed by atoms with Crippen LogP contribution in [0.4, 0.5) is 0 Å². The van der Waals surface area contributed by atoms with Gasteiger partial charge in [-0.3, -0.25) is 4.79 Å². The SMILES string of the molecule is CCc1nc2ccc(Br)cc2c(=O)n1N=Cc1cc(C)n(-c2cccc(Cl)c2Cl)c1C. The van der Waals surface area contributed by atoms with Crippen LogP contribution in [-0.2, 0) is 6.42 Å². The van der Waals surface area contributed by atoms with Crippen molar-refractivity contribution < 1.29 is 0 Å². The zero-order chi connectivity index (χ0) is 22.3. The van der Waals surface area contributed by atoms with Gasteiger partial charge in [0, 0.05) is 27.8 Å². The maximum absolute atomic E-state index is 13.1. The highest BCUT2D eigenvalue weighted by Gasteiger charge is 2.14. The second-order valence-corrected chi connectivity index (χ2v) is 8.84. The number of fused-ring (bicyclic) bond motifs is 1. The minimum Gasteiger partial charge on any atom is -0.316 e. The average Bonchev–Trinajstić information content (AvgIpc) is 3.03. The van der Waals surface area contributed by atoms with Gasteiger partial charge < -0.3 is 4.57 Å². The number of rotatable bonds is 4. The van der Waals surface area contributed by atoms with Crippen LogP contribution in [0.2, 0.25) is 10.0 Å². The van der Waals surface area contributed by atoms with Gasteiger partial charge in [-0.05, 0) is 50.2 Å². The lowest BCUT2D eigenvalue weighted by Gasteiger charge is -2.12. The first kappa shape index (κ1) is 21.8. The second-order valence-electron chi connectivity index (χ2n) is 7.14. The van der Waals surface area contributed by atoms with Crippen LogP contribution in [-0.4, -0.2) is 20.4 Å². The van der Waals surface area contributed by atoms with Crippen LogP contribution in [0.1, 0.15) is 29.7 Å². The van der Waals surface area contributed by atoms with Crippen molar-refractivity contribution in [1.29, 1.82) is 0 Å². The van der Waals surface area contributed by atoms with Gasteiger partial charge in [-0.25, -0.2) is 4.98 Å². The first-order valence-electron chi connectivity index (χ1n) is 9.70. The third-order valence-electron chi connectivity index (χ3n) is 5.15. The van der Waals surface area contributed by atoms with Gasteiger partial charge >= 0.3 is 0 Å². The van der Waals surface area contributed by atoms with E-state index in [-0.39, 0.29) is 5.56 Å². The molecular weight excluding hydrogens is 499 g/mol. The number of aryl methyl sites for hydroxylation is 2. The predicted octanol–water partition coefficient (Wildman–Crippen LogP) is 6.32. The number of hydrogen-bond donors (Lipinski definition) is 0. The summed E-state index contributed by atoms with van der Waals surface area (Å²) in [5, 5.41) is 6.00. The Labute approximate surface area is 198 Å². The molecule has 2 aromatic heterocycles. The van der Waals surface area contributed by atoms with Crippen LogP contribution in [0.25, 0.3) is 16.6 Å². The van der Waals surface area contributed by atoms with Crippen molar-refractivity contribution in [2.45, 2.75) is 27.2 Å². The van der Waals surface area contributed by atoms with Crippen LogP contribution in [0.3, 0.4) is 0 Å². The Kier molecular flexibility index (Phi) is 6.06. The van der Waals surface area contributed by atoms with Gasteiger partial charge in [0.1, 0.15) is 5.82 Å². The molecule has 158 valence electrons. The van der Waals surface area contributed by atoms with E-state index in [2.05, 4.69) is 26.0 Å². The Balaban J connectivity index is 1.83. The summed E-state index contributed by atoms with van der Waals surface area (Å²) in [4.78, 5) is 17.7. The van der Waals surface area contributed by atoms with Gasteiger partial charge in [0.15, 0.2) is 0 Å². The largest absolute Gasteiger partial charge is 0.316 e. The minimum atomic E-state index is -0.203. The fraction of sp³-hybridized carbons (Fsp3) is 0.174. The molecule has 31 heavy (non-hydrogen) atoms. The van der Waals surface area contributed by atoms with Crippen molar-refractivity contribution in [2.75, 3.05) is 0 Å². The lowest BCUT2D eigenvalue weighted by molar-refractivity contribution is 0.734. The van der Waals surface area contributed by atoms with E-state index in [0.29, 0.717) is 33.2 Å². The van der Waals surface area contributed by atoms with Crippen molar-refractivity contribution in [3.8, 4) is 5.69 Å². The molecule has 0 N–H and O–H groups in total. The third-order valence-corrected chi connectivity index (χ3v) is 6.45. The lowest BCUT2D eigenvalue weighted by Crippen LogP contribution is -2.22. The van der Waals surface area contributed by atoms with Crippen molar-refractivity contribution in [2.24, 2.45) is 5.10 Å². The third kappa shape index (κ3) is 3.95. The topological polar surface area (TPSA) is 52.2 Å². The van der Waals surface area contributed by atoms with Crippen LogP contribution in [0, 0.1) is 13.8 Å². The summed E-state index contributed by atoms with van der Waals surface area (Å²) in [6.45, 7) is 5.91. The molecule has 0 bridgehead atoms. The molecule has 0 aliphatic carbocycles. The molecule has 0 amide bonds. The molecule has 0 saturated carbocycles. The zero-order valence-corrected chi connectivity index (χ0v) is 20.3. The Morgan fingerprint density at radius 3 is 2.68 bits per heavy atom. The van der Waals surface area contributed by atoms with Gasteiger partial charge in [-0.2, -0.15) is 9.78 Å². The molecular formula is C23H19BrCl2N4O. The maximum atomic E-state index is 13.1. The molecule has 5 nitrogen and oxygen atoms in total.